The van der Waals surface area contributed by atoms with Crippen LogP contribution in [0.15, 0.2) is 36.5 Å². The number of carboxylic acids is 1. The molecular weight excluding hydrogens is 733 g/mol. The Hall–Kier alpha value is -2.41. The summed E-state index contributed by atoms with van der Waals surface area (Å²) in [6.07, 6.45) is 56.3. The first kappa shape index (κ1) is 56.6. The summed E-state index contributed by atoms with van der Waals surface area (Å²) < 4.78 is 6.07. The largest absolute Gasteiger partial charge is 0.480 e. The van der Waals surface area contributed by atoms with E-state index in [1.165, 1.54) is 141 Å². The number of carbonyl (C=O) groups excluding carboxylic acids is 2. The van der Waals surface area contributed by atoms with E-state index in [0.29, 0.717) is 32.2 Å². The van der Waals surface area contributed by atoms with Gasteiger partial charge in [-0.05, 0) is 96.4 Å². The highest BCUT2D eigenvalue weighted by Crippen LogP contribution is 2.19. The lowest BCUT2D eigenvalue weighted by Crippen LogP contribution is -2.40. The maximum absolute atomic E-state index is 12.9. The van der Waals surface area contributed by atoms with Gasteiger partial charge < -0.3 is 20.9 Å². The van der Waals surface area contributed by atoms with Gasteiger partial charge in [-0.1, -0.05) is 192 Å². The van der Waals surface area contributed by atoms with Crippen LogP contribution in [0.2, 0.25) is 0 Å². The Kier molecular flexibility index (Phi) is 44.7. The second-order valence-electron chi connectivity index (χ2n) is 17.2. The molecule has 0 aliphatic heterocycles. The molecule has 0 aromatic heterocycles. The molecule has 0 rings (SSSR count). The molecule has 0 aromatic carbocycles. The third kappa shape index (κ3) is 43.5. The molecule has 0 aromatic rings. The first-order valence-corrected chi connectivity index (χ1v) is 25.3. The van der Waals surface area contributed by atoms with Crippen molar-refractivity contribution in [2.45, 2.75) is 270 Å². The Morgan fingerprint density at radius 2 is 0.881 bits per heavy atom. The fraction of sp³-hybridized carbons (Fsp3) is 0.827. The summed E-state index contributed by atoms with van der Waals surface area (Å²) >= 11 is 0. The first-order valence-electron chi connectivity index (χ1n) is 25.3. The zero-order chi connectivity index (χ0) is 43.1. The molecule has 1 amide bonds. The number of hydrogen-bond donors (Lipinski definition) is 3. The van der Waals surface area contributed by atoms with Gasteiger partial charge in [-0.3, -0.25) is 9.59 Å². The van der Waals surface area contributed by atoms with Crippen molar-refractivity contribution in [2.24, 2.45) is 5.73 Å². The van der Waals surface area contributed by atoms with Gasteiger partial charge in [0.25, 0.3) is 0 Å². The van der Waals surface area contributed by atoms with Crippen LogP contribution in [-0.4, -0.2) is 41.6 Å². The van der Waals surface area contributed by atoms with Crippen LogP contribution < -0.4 is 11.1 Å². The highest BCUT2D eigenvalue weighted by Gasteiger charge is 2.19. The summed E-state index contributed by atoms with van der Waals surface area (Å²) in [5.74, 6) is -1.23. The normalized spacial score (nSPS) is 12.9. The lowest BCUT2D eigenvalue weighted by molar-refractivity contribution is -0.150. The molecule has 0 aliphatic rings. The number of ether oxygens (including phenoxy) is 1. The summed E-state index contributed by atoms with van der Waals surface area (Å²) in [6, 6.07) is -0.856. The molecule has 0 heterocycles. The maximum atomic E-state index is 12.9. The van der Waals surface area contributed by atoms with E-state index in [2.05, 4.69) is 55.6 Å². The van der Waals surface area contributed by atoms with E-state index >= 15 is 0 Å². The monoisotopic (exact) mass is 829 g/mol. The average Bonchev–Trinajstić information content (AvgIpc) is 3.22. The highest BCUT2D eigenvalue weighted by molar-refractivity contribution is 5.83. The number of carbonyl (C=O) groups is 3. The van der Waals surface area contributed by atoms with Crippen LogP contribution in [-0.2, 0) is 19.1 Å². The highest BCUT2D eigenvalue weighted by atomic mass is 16.5. The van der Waals surface area contributed by atoms with Crippen molar-refractivity contribution in [3.05, 3.63) is 36.5 Å². The number of hydrogen-bond acceptors (Lipinski definition) is 5. The quantitative estimate of drug-likeness (QED) is 0.0319. The minimum Gasteiger partial charge on any atom is -0.480 e. The van der Waals surface area contributed by atoms with Crippen LogP contribution in [0.1, 0.15) is 258 Å². The number of rotatable bonds is 46. The van der Waals surface area contributed by atoms with Crippen LogP contribution in [0, 0.1) is 0 Å². The summed E-state index contributed by atoms with van der Waals surface area (Å²) in [5, 5.41) is 12.0. The predicted molar refractivity (Wildman–Crippen MR) is 253 cm³/mol. The summed E-state index contributed by atoms with van der Waals surface area (Å²) in [7, 11) is 0. The summed E-state index contributed by atoms with van der Waals surface area (Å²) in [5.41, 5.74) is 5.49. The van der Waals surface area contributed by atoms with Crippen LogP contribution in [0.3, 0.4) is 0 Å². The Balaban J connectivity index is 4.17. The maximum Gasteiger partial charge on any atom is 0.326 e. The molecule has 4 N–H and O–H groups in total. The topological polar surface area (TPSA) is 119 Å². The third-order valence-corrected chi connectivity index (χ3v) is 11.5. The molecule has 0 aliphatic carbocycles. The molecular formula is C52H96N2O5. The molecule has 0 bridgehead atoms. The minimum atomic E-state index is -1.00. The molecule has 0 saturated heterocycles. The van der Waals surface area contributed by atoms with E-state index in [4.69, 9.17) is 10.5 Å². The molecule has 2 atom stereocenters. The minimum absolute atomic E-state index is 0.0112. The smallest absolute Gasteiger partial charge is 0.326 e. The van der Waals surface area contributed by atoms with Gasteiger partial charge in [-0.2, -0.15) is 0 Å². The van der Waals surface area contributed by atoms with Crippen molar-refractivity contribution in [2.75, 3.05) is 6.54 Å². The number of unbranched alkanes of at least 4 members (excludes halogenated alkanes) is 26. The first-order chi connectivity index (χ1) is 28.9. The van der Waals surface area contributed by atoms with E-state index in [9.17, 15) is 19.5 Å². The van der Waals surface area contributed by atoms with E-state index in [1.54, 1.807) is 0 Å². The number of carboxylic acid groups (broad SMARTS) is 1. The molecule has 344 valence electrons. The molecule has 7 nitrogen and oxygen atoms in total. The number of allylic oxidation sites excluding steroid dienone is 6. The van der Waals surface area contributed by atoms with E-state index in [0.717, 1.165) is 77.0 Å². The predicted octanol–water partition coefficient (Wildman–Crippen LogP) is 15.0. The van der Waals surface area contributed by atoms with Crippen molar-refractivity contribution in [3.63, 3.8) is 0 Å². The van der Waals surface area contributed by atoms with Gasteiger partial charge in [0.2, 0.25) is 5.91 Å². The van der Waals surface area contributed by atoms with Gasteiger partial charge in [-0.15, -0.1) is 0 Å². The van der Waals surface area contributed by atoms with E-state index in [1.807, 2.05) is 0 Å². The molecule has 59 heavy (non-hydrogen) atoms. The Bertz CT molecular complexity index is 1020. The van der Waals surface area contributed by atoms with Gasteiger partial charge in [0, 0.05) is 12.8 Å². The van der Waals surface area contributed by atoms with Crippen LogP contribution in [0.4, 0.5) is 0 Å². The Morgan fingerprint density at radius 3 is 1.32 bits per heavy atom. The zero-order valence-corrected chi connectivity index (χ0v) is 38.9. The number of nitrogens with two attached hydrogens (primary N) is 1. The number of amides is 1. The summed E-state index contributed by atoms with van der Waals surface area (Å²) in [4.78, 5) is 36.5. The lowest BCUT2D eigenvalue weighted by atomic mass is 10.0. The van der Waals surface area contributed by atoms with E-state index < -0.39 is 12.0 Å². The zero-order valence-electron chi connectivity index (χ0n) is 38.9. The fourth-order valence-electron chi connectivity index (χ4n) is 7.64. The number of aliphatic carboxylic acids is 1. The van der Waals surface area contributed by atoms with E-state index in [-0.39, 0.29) is 18.0 Å². The average molecular weight is 829 g/mol. The Morgan fingerprint density at radius 1 is 0.492 bits per heavy atom. The van der Waals surface area contributed by atoms with Crippen molar-refractivity contribution in [3.8, 4) is 0 Å². The van der Waals surface area contributed by atoms with Crippen molar-refractivity contribution >= 4 is 17.8 Å². The molecule has 0 fully saturated rings. The van der Waals surface area contributed by atoms with Crippen LogP contribution in [0.5, 0.6) is 0 Å². The SMILES string of the molecule is CCCCCCC/C=C\C/C=C\C/C=C\CCCCCCCCCCC(=O)OC(CCCCCCCCCCCC)CCCCCCCC(=O)NC(CCCN)C(=O)O. The lowest BCUT2D eigenvalue weighted by Gasteiger charge is -2.18. The van der Waals surface area contributed by atoms with Gasteiger partial charge >= 0.3 is 11.9 Å². The second-order valence-corrected chi connectivity index (χ2v) is 17.2. The van der Waals surface area contributed by atoms with Gasteiger partial charge in [0.05, 0.1) is 0 Å². The van der Waals surface area contributed by atoms with Crippen molar-refractivity contribution in [1.29, 1.82) is 0 Å². The van der Waals surface area contributed by atoms with Crippen LogP contribution in [0.25, 0.3) is 0 Å². The van der Waals surface area contributed by atoms with Gasteiger partial charge in [0.15, 0.2) is 0 Å². The van der Waals surface area contributed by atoms with Gasteiger partial charge in [0.1, 0.15) is 12.1 Å². The number of esters is 1. The van der Waals surface area contributed by atoms with Crippen molar-refractivity contribution in [1.82, 2.24) is 5.32 Å². The molecule has 0 spiro atoms. The summed E-state index contributed by atoms with van der Waals surface area (Å²) in [6.45, 7) is 4.95. The van der Waals surface area contributed by atoms with Crippen molar-refractivity contribution < 1.29 is 24.2 Å². The Labute approximate surface area is 365 Å². The third-order valence-electron chi connectivity index (χ3n) is 11.5. The van der Waals surface area contributed by atoms with Crippen LogP contribution >= 0.6 is 0 Å². The van der Waals surface area contributed by atoms with Gasteiger partial charge in [-0.25, -0.2) is 4.79 Å². The second kappa shape index (κ2) is 46.7. The molecule has 0 radical (unpaired) electrons. The molecule has 0 saturated carbocycles. The molecule has 7 heteroatoms. The standard InChI is InChI=1S/C52H96N2O5/c1-3-5-7-9-11-13-15-16-17-18-19-20-21-22-23-24-25-26-27-29-31-36-40-46-51(56)59-48(42-37-33-30-28-14-12-10-8-6-4-2)43-38-34-32-35-39-45-50(55)54-49(52(57)58)44-41-47-53/h15-16,18-19,21-22,48-49H,3-14,17,20,23-47,53H2,1-2H3,(H,54,55)(H,57,58)/b16-15-,19-18-,22-21-. The fourth-order valence-corrected chi connectivity index (χ4v) is 7.64. The number of nitrogens with one attached hydrogen (secondary N) is 1. The molecule has 2 unspecified atom stereocenters.